The number of hydrogen-bond acceptors (Lipinski definition) is 4. The van der Waals surface area contributed by atoms with Crippen molar-refractivity contribution in [1.29, 1.82) is 0 Å². The zero-order valence-corrected chi connectivity index (χ0v) is 11.7. The molecule has 4 nitrogen and oxygen atoms in total. The molecule has 96 valence electrons. The Balaban J connectivity index is 1.73. The molecule has 2 aromatic heterocycles. The van der Waals surface area contributed by atoms with Crippen molar-refractivity contribution >= 4 is 15.9 Å². The van der Waals surface area contributed by atoms with Crippen LogP contribution in [0.4, 0.5) is 0 Å². The molecule has 0 spiro atoms. The van der Waals surface area contributed by atoms with Gasteiger partial charge in [0.1, 0.15) is 17.6 Å². The van der Waals surface area contributed by atoms with Crippen molar-refractivity contribution in [1.82, 2.24) is 10.3 Å². The summed E-state index contributed by atoms with van der Waals surface area (Å²) < 4.78 is 11.9. The third kappa shape index (κ3) is 4.16. The monoisotopic (exact) mass is 310 g/mol. The molecule has 18 heavy (non-hydrogen) atoms. The number of aromatic nitrogens is 1. The van der Waals surface area contributed by atoms with Crippen molar-refractivity contribution in [2.45, 2.75) is 19.6 Å². The highest BCUT2D eigenvalue weighted by Gasteiger charge is 2.05. The molecular formula is C13H15BrN2O2. The van der Waals surface area contributed by atoms with E-state index in [1.54, 1.807) is 18.7 Å². The summed E-state index contributed by atoms with van der Waals surface area (Å²) in [5.41, 5.74) is 0. The van der Waals surface area contributed by atoms with E-state index in [-0.39, 0.29) is 6.10 Å². The van der Waals surface area contributed by atoms with Crippen molar-refractivity contribution in [3.05, 3.63) is 47.1 Å². The third-order valence-electron chi connectivity index (χ3n) is 2.33. The fourth-order valence-electron chi connectivity index (χ4n) is 1.54. The maximum absolute atomic E-state index is 5.73. The van der Waals surface area contributed by atoms with Crippen LogP contribution in [0.3, 0.4) is 0 Å². The Hall–Kier alpha value is -1.33. The van der Waals surface area contributed by atoms with E-state index in [1.165, 1.54) is 0 Å². The lowest BCUT2D eigenvalue weighted by Crippen LogP contribution is -2.28. The Morgan fingerprint density at radius 1 is 1.50 bits per heavy atom. The summed E-state index contributed by atoms with van der Waals surface area (Å²) in [6.45, 7) is 3.46. The highest BCUT2D eigenvalue weighted by atomic mass is 79.9. The van der Waals surface area contributed by atoms with E-state index < -0.39 is 0 Å². The van der Waals surface area contributed by atoms with Crippen molar-refractivity contribution in [3.8, 4) is 5.75 Å². The van der Waals surface area contributed by atoms with Gasteiger partial charge in [0.15, 0.2) is 0 Å². The van der Waals surface area contributed by atoms with Crippen molar-refractivity contribution in [2.75, 3.05) is 6.54 Å². The van der Waals surface area contributed by atoms with Crippen LogP contribution in [0.2, 0.25) is 0 Å². The first kappa shape index (κ1) is 13.1. The molecule has 1 N–H and O–H groups in total. The second-order valence-corrected chi connectivity index (χ2v) is 4.89. The molecule has 2 aromatic rings. The summed E-state index contributed by atoms with van der Waals surface area (Å²) in [5.74, 6) is 1.68. The zero-order valence-electron chi connectivity index (χ0n) is 10.1. The fourth-order valence-corrected chi connectivity index (χ4v) is 1.89. The van der Waals surface area contributed by atoms with Crippen LogP contribution >= 0.6 is 15.9 Å². The molecule has 0 aromatic carbocycles. The highest BCUT2D eigenvalue weighted by molar-refractivity contribution is 9.10. The summed E-state index contributed by atoms with van der Waals surface area (Å²) in [6.07, 6.45) is 5.17. The smallest absolute Gasteiger partial charge is 0.139 e. The molecule has 0 bridgehead atoms. The summed E-state index contributed by atoms with van der Waals surface area (Å²) in [6, 6.07) is 5.72. The molecule has 0 saturated carbocycles. The lowest BCUT2D eigenvalue weighted by atomic mass is 10.3. The molecule has 0 aliphatic carbocycles. The Morgan fingerprint density at radius 3 is 3.11 bits per heavy atom. The molecule has 0 saturated heterocycles. The van der Waals surface area contributed by atoms with Crippen LogP contribution in [0, 0.1) is 0 Å². The minimum Gasteiger partial charge on any atom is -0.488 e. The van der Waals surface area contributed by atoms with Crippen LogP contribution in [0.25, 0.3) is 0 Å². The Kier molecular flexibility index (Phi) is 4.78. The number of ether oxygens (including phenoxy) is 1. The summed E-state index contributed by atoms with van der Waals surface area (Å²) in [5, 5.41) is 3.27. The van der Waals surface area contributed by atoms with Gasteiger partial charge in [-0.05, 0) is 41.1 Å². The van der Waals surface area contributed by atoms with Gasteiger partial charge >= 0.3 is 0 Å². The topological polar surface area (TPSA) is 47.3 Å². The number of halogens is 1. The first-order valence-corrected chi connectivity index (χ1v) is 6.53. The van der Waals surface area contributed by atoms with E-state index in [2.05, 4.69) is 26.2 Å². The van der Waals surface area contributed by atoms with Crippen LogP contribution in [0.15, 0.2) is 45.7 Å². The summed E-state index contributed by atoms with van der Waals surface area (Å²) in [4.78, 5) is 4.05. The molecule has 5 heteroatoms. The quantitative estimate of drug-likeness (QED) is 0.891. The van der Waals surface area contributed by atoms with Gasteiger partial charge in [0.25, 0.3) is 0 Å². The van der Waals surface area contributed by atoms with Crippen LogP contribution < -0.4 is 10.1 Å². The zero-order chi connectivity index (χ0) is 12.8. The standard InChI is InChI=1S/C13H15BrN2O2/c1-10(6-15-8-12-3-2-4-17-12)18-13-5-11(14)7-16-9-13/h2-5,7,9-10,15H,6,8H2,1H3. The van der Waals surface area contributed by atoms with E-state index in [0.717, 1.165) is 22.5 Å². The van der Waals surface area contributed by atoms with Crippen LogP contribution in [-0.4, -0.2) is 17.6 Å². The van der Waals surface area contributed by atoms with E-state index >= 15 is 0 Å². The predicted octanol–water partition coefficient (Wildman–Crippen LogP) is 2.99. The molecule has 0 fully saturated rings. The average Bonchev–Trinajstić information content (AvgIpc) is 2.82. The maximum atomic E-state index is 5.73. The number of rotatable bonds is 6. The van der Waals surface area contributed by atoms with Gasteiger partial charge in [-0.15, -0.1) is 0 Å². The van der Waals surface area contributed by atoms with Gasteiger partial charge in [0.05, 0.1) is 19.0 Å². The molecule has 1 atom stereocenters. The highest BCUT2D eigenvalue weighted by Crippen LogP contribution is 2.16. The van der Waals surface area contributed by atoms with Crippen molar-refractivity contribution in [2.24, 2.45) is 0 Å². The van der Waals surface area contributed by atoms with E-state index in [0.29, 0.717) is 6.54 Å². The minimum absolute atomic E-state index is 0.0658. The van der Waals surface area contributed by atoms with Gasteiger partial charge in [-0.2, -0.15) is 0 Å². The number of furan rings is 1. The molecule has 1 unspecified atom stereocenters. The number of hydrogen-bond donors (Lipinski definition) is 1. The second-order valence-electron chi connectivity index (χ2n) is 3.98. The first-order chi connectivity index (χ1) is 8.74. The summed E-state index contributed by atoms with van der Waals surface area (Å²) in [7, 11) is 0. The molecule has 2 heterocycles. The van der Waals surface area contributed by atoms with Crippen LogP contribution in [0.5, 0.6) is 5.75 Å². The van der Waals surface area contributed by atoms with Gasteiger partial charge in [-0.25, -0.2) is 0 Å². The van der Waals surface area contributed by atoms with E-state index in [1.807, 2.05) is 25.1 Å². The fraction of sp³-hybridized carbons (Fsp3) is 0.308. The van der Waals surface area contributed by atoms with E-state index in [9.17, 15) is 0 Å². The van der Waals surface area contributed by atoms with Crippen molar-refractivity contribution < 1.29 is 9.15 Å². The van der Waals surface area contributed by atoms with Crippen molar-refractivity contribution in [3.63, 3.8) is 0 Å². The Bertz CT molecular complexity index is 474. The largest absolute Gasteiger partial charge is 0.488 e. The predicted molar refractivity (Wildman–Crippen MR) is 72.4 cm³/mol. The first-order valence-electron chi connectivity index (χ1n) is 5.74. The van der Waals surface area contributed by atoms with Crippen LogP contribution in [-0.2, 0) is 6.54 Å². The lowest BCUT2D eigenvalue weighted by Gasteiger charge is -2.14. The normalized spacial score (nSPS) is 12.3. The minimum atomic E-state index is 0.0658. The number of pyridine rings is 1. The SMILES string of the molecule is CC(CNCc1ccco1)Oc1cncc(Br)c1. The van der Waals surface area contributed by atoms with Gasteiger partial charge in [-0.3, -0.25) is 4.98 Å². The molecule has 0 aliphatic rings. The van der Waals surface area contributed by atoms with Gasteiger partial charge in [0, 0.05) is 17.2 Å². The number of nitrogens with zero attached hydrogens (tertiary/aromatic N) is 1. The number of nitrogens with one attached hydrogen (secondary N) is 1. The van der Waals surface area contributed by atoms with Gasteiger partial charge in [-0.1, -0.05) is 0 Å². The van der Waals surface area contributed by atoms with E-state index in [4.69, 9.17) is 9.15 Å². The Morgan fingerprint density at radius 2 is 2.39 bits per heavy atom. The third-order valence-corrected chi connectivity index (χ3v) is 2.76. The molecule has 2 rings (SSSR count). The molecule has 0 aliphatic heterocycles. The lowest BCUT2D eigenvalue weighted by molar-refractivity contribution is 0.214. The van der Waals surface area contributed by atoms with Crippen LogP contribution in [0.1, 0.15) is 12.7 Å². The molecular weight excluding hydrogens is 296 g/mol. The average molecular weight is 311 g/mol. The summed E-state index contributed by atoms with van der Waals surface area (Å²) >= 11 is 3.36. The second kappa shape index (κ2) is 6.56. The Labute approximate surface area is 114 Å². The molecule has 0 amide bonds. The molecule has 0 radical (unpaired) electrons. The van der Waals surface area contributed by atoms with Gasteiger partial charge in [0.2, 0.25) is 0 Å². The van der Waals surface area contributed by atoms with Gasteiger partial charge < -0.3 is 14.5 Å². The maximum Gasteiger partial charge on any atom is 0.139 e.